The first-order valence-corrected chi connectivity index (χ1v) is 6.94. The zero-order valence-corrected chi connectivity index (χ0v) is 13.1. The van der Waals surface area contributed by atoms with Crippen LogP contribution in [0.25, 0.3) is 0 Å². The number of hydrogen-bond acceptors (Lipinski definition) is 2. The third kappa shape index (κ3) is 4.79. The quantitative estimate of drug-likeness (QED) is 0.833. The predicted octanol–water partition coefficient (Wildman–Crippen LogP) is 3.99. The molecule has 0 heterocycles. The predicted molar refractivity (Wildman–Crippen MR) is 81.7 cm³/mol. The van der Waals surface area contributed by atoms with E-state index in [0.29, 0.717) is 12.8 Å². The van der Waals surface area contributed by atoms with Crippen molar-refractivity contribution in [2.45, 2.75) is 65.3 Å². The fourth-order valence-electron chi connectivity index (χ4n) is 1.96. The van der Waals surface area contributed by atoms with Gasteiger partial charge in [-0.15, -0.1) is 0 Å². The molecule has 2 heteroatoms. The molecular formula is C17H27NO. The number of carbonyl (C=O) groups is 1. The highest BCUT2D eigenvalue weighted by Gasteiger charge is 2.19. The van der Waals surface area contributed by atoms with E-state index in [1.807, 2.05) is 32.9 Å². The first kappa shape index (κ1) is 15.9. The van der Waals surface area contributed by atoms with E-state index in [2.05, 4.69) is 26.8 Å². The van der Waals surface area contributed by atoms with Crippen LogP contribution in [0.3, 0.4) is 0 Å². The minimum atomic E-state index is -0.287. The first-order chi connectivity index (χ1) is 8.50. The van der Waals surface area contributed by atoms with Gasteiger partial charge in [0.25, 0.3) is 0 Å². The summed E-state index contributed by atoms with van der Waals surface area (Å²) in [5, 5.41) is 0. The molecule has 2 N–H and O–H groups in total. The molecule has 0 aromatic heterocycles. The van der Waals surface area contributed by atoms with Gasteiger partial charge in [0.05, 0.1) is 0 Å². The summed E-state index contributed by atoms with van der Waals surface area (Å²) in [5.74, 6) is 0.196. The van der Waals surface area contributed by atoms with Gasteiger partial charge in [-0.05, 0) is 49.8 Å². The van der Waals surface area contributed by atoms with E-state index in [1.54, 1.807) is 0 Å². The van der Waals surface area contributed by atoms with Crippen LogP contribution in [0.5, 0.6) is 0 Å². The maximum atomic E-state index is 12.3. The zero-order chi connectivity index (χ0) is 14.8. The molecule has 0 unspecified atom stereocenters. The third-order valence-corrected chi connectivity index (χ3v) is 3.40. The van der Waals surface area contributed by atoms with Crippen molar-refractivity contribution in [1.29, 1.82) is 0 Å². The van der Waals surface area contributed by atoms with E-state index in [-0.39, 0.29) is 16.7 Å². The van der Waals surface area contributed by atoms with Gasteiger partial charge < -0.3 is 5.73 Å². The molecule has 19 heavy (non-hydrogen) atoms. The maximum Gasteiger partial charge on any atom is 0.163 e. The molecule has 0 atom stereocenters. The van der Waals surface area contributed by atoms with E-state index in [9.17, 15) is 4.79 Å². The van der Waals surface area contributed by atoms with Gasteiger partial charge in [-0.2, -0.15) is 0 Å². The average molecular weight is 261 g/mol. The molecule has 0 aliphatic rings. The molecule has 0 aliphatic heterocycles. The lowest BCUT2D eigenvalue weighted by Crippen LogP contribution is -2.32. The first-order valence-electron chi connectivity index (χ1n) is 6.94. The van der Waals surface area contributed by atoms with E-state index in [0.717, 1.165) is 11.1 Å². The molecular weight excluding hydrogens is 234 g/mol. The van der Waals surface area contributed by atoms with Crippen molar-refractivity contribution >= 4 is 5.78 Å². The van der Waals surface area contributed by atoms with Crippen LogP contribution in [-0.2, 0) is 5.41 Å². The number of Topliss-reactive ketones (excluding diaryl/α,β-unsaturated/α-hetero) is 1. The molecule has 1 aromatic rings. The number of hydrogen-bond donors (Lipinski definition) is 1. The number of benzene rings is 1. The van der Waals surface area contributed by atoms with Crippen LogP contribution in [0, 0.1) is 6.92 Å². The van der Waals surface area contributed by atoms with Crippen molar-refractivity contribution in [1.82, 2.24) is 0 Å². The Morgan fingerprint density at radius 3 is 2.21 bits per heavy atom. The fraction of sp³-hybridized carbons (Fsp3) is 0.588. The van der Waals surface area contributed by atoms with Gasteiger partial charge in [0, 0.05) is 17.5 Å². The summed E-state index contributed by atoms with van der Waals surface area (Å²) >= 11 is 0. The molecule has 1 aromatic carbocycles. The van der Waals surface area contributed by atoms with Crippen LogP contribution >= 0.6 is 0 Å². The lowest BCUT2D eigenvalue weighted by Gasteiger charge is -2.21. The Balaban J connectivity index is 2.97. The molecule has 0 bridgehead atoms. The zero-order valence-electron chi connectivity index (χ0n) is 13.1. The molecule has 0 saturated heterocycles. The van der Waals surface area contributed by atoms with Crippen molar-refractivity contribution in [3.05, 3.63) is 34.9 Å². The smallest absolute Gasteiger partial charge is 0.163 e. The average Bonchev–Trinajstić information content (AvgIpc) is 2.24. The normalized spacial score (nSPS) is 12.6. The van der Waals surface area contributed by atoms with E-state index in [4.69, 9.17) is 5.73 Å². The maximum absolute atomic E-state index is 12.3. The van der Waals surface area contributed by atoms with Crippen LogP contribution in [-0.4, -0.2) is 11.3 Å². The Labute approximate surface area is 117 Å². The molecule has 1 rings (SSSR count). The number of ketones is 1. The fourth-order valence-corrected chi connectivity index (χ4v) is 1.96. The van der Waals surface area contributed by atoms with Crippen LogP contribution in [0.15, 0.2) is 18.2 Å². The van der Waals surface area contributed by atoms with Crippen molar-refractivity contribution < 1.29 is 4.79 Å². The molecule has 0 aliphatic carbocycles. The van der Waals surface area contributed by atoms with Gasteiger partial charge in [0.1, 0.15) is 0 Å². The minimum Gasteiger partial charge on any atom is -0.326 e. The molecule has 106 valence electrons. The summed E-state index contributed by atoms with van der Waals surface area (Å²) in [6.07, 6.45) is 1.23. The monoisotopic (exact) mass is 261 g/mol. The number of rotatable bonds is 4. The summed E-state index contributed by atoms with van der Waals surface area (Å²) in [7, 11) is 0. The summed E-state index contributed by atoms with van der Waals surface area (Å²) in [4.78, 5) is 12.3. The lowest BCUT2D eigenvalue weighted by molar-refractivity contribution is 0.0972. The van der Waals surface area contributed by atoms with Crippen molar-refractivity contribution in [3.8, 4) is 0 Å². The molecule has 0 amide bonds. The second-order valence-corrected chi connectivity index (χ2v) is 7.19. The van der Waals surface area contributed by atoms with Crippen LogP contribution < -0.4 is 5.73 Å². The van der Waals surface area contributed by atoms with Crippen LogP contribution in [0.2, 0.25) is 0 Å². The largest absolute Gasteiger partial charge is 0.326 e. The topological polar surface area (TPSA) is 43.1 Å². The van der Waals surface area contributed by atoms with E-state index in [1.165, 1.54) is 5.56 Å². The Morgan fingerprint density at radius 2 is 1.74 bits per heavy atom. The second kappa shape index (κ2) is 5.46. The Kier molecular flexibility index (Phi) is 4.57. The Morgan fingerprint density at radius 1 is 1.16 bits per heavy atom. The number of aryl methyl sites for hydroxylation is 1. The van der Waals surface area contributed by atoms with Crippen LogP contribution in [0.4, 0.5) is 0 Å². The molecule has 2 nitrogen and oxygen atoms in total. The Hall–Kier alpha value is -1.15. The Bertz CT molecular complexity index is 461. The SMILES string of the molecule is Cc1ccc(C(C)(C)C)cc1C(=O)CCC(C)(C)N. The van der Waals surface area contributed by atoms with Crippen molar-refractivity contribution in [2.24, 2.45) is 5.73 Å². The highest BCUT2D eigenvalue weighted by atomic mass is 16.1. The van der Waals surface area contributed by atoms with Gasteiger partial charge in [-0.3, -0.25) is 4.79 Å². The minimum absolute atomic E-state index is 0.0653. The van der Waals surface area contributed by atoms with E-state index >= 15 is 0 Å². The van der Waals surface area contributed by atoms with Gasteiger partial charge >= 0.3 is 0 Å². The molecule has 0 radical (unpaired) electrons. The molecule has 0 spiro atoms. The van der Waals surface area contributed by atoms with E-state index < -0.39 is 0 Å². The molecule has 0 fully saturated rings. The van der Waals surface area contributed by atoms with Crippen LogP contribution in [0.1, 0.15) is 68.9 Å². The highest BCUT2D eigenvalue weighted by Crippen LogP contribution is 2.25. The third-order valence-electron chi connectivity index (χ3n) is 3.40. The summed E-state index contributed by atoms with van der Waals surface area (Å²) in [6, 6.07) is 6.20. The van der Waals surface area contributed by atoms with Gasteiger partial charge in [0.2, 0.25) is 0 Å². The number of carbonyl (C=O) groups excluding carboxylic acids is 1. The summed E-state index contributed by atoms with van der Waals surface area (Å²) < 4.78 is 0. The highest BCUT2D eigenvalue weighted by molar-refractivity contribution is 5.97. The molecule has 0 saturated carbocycles. The standard InChI is InChI=1S/C17H27NO/c1-12-7-8-13(16(2,3)4)11-14(12)15(19)9-10-17(5,6)18/h7-8,11H,9-10,18H2,1-6H3. The van der Waals surface area contributed by atoms with Gasteiger partial charge in [0.15, 0.2) is 5.78 Å². The second-order valence-electron chi connectivity index (χ2n) is 7.19. The van der Waals surface area contributed by atoms with Crippen molar-refractivity contribution in [2.75, 3.05) is 0 Å². The summed E-state index contributed by atoms with van der Waals surface area (Å²) in [6.45, 7) is 12.4. The lowest BCUT2D eigenvalue weighted by atomic mass is 9.84. The summed E-state index contributed by atoms with van der Waals surface area (Å²) in [5.41, 5.74) is 8.82. The van der Waals surface area contributed by atoms with Crippen molar-refractivity contribution in [3.63, 3.8) is 0 Å². The van der Waals surface area contributed by atoms with Gasteiger partial charge in [-0.1, -0.05) is 32.9 Å². The number of nitrogens with two attached hydrogens (primary N) is 1. The van der Waals surface area contributed by atoms with Gasteiger partial charge in [-0.25, -0.2) is 0 Å².